The van der Waals surface area contributed by atoms with Crippen molar-refractivity contribution in [3.63, 3.8) is 0 Å². The first kappa shape index (κ1) is 18.0. The van der Waals surface area contributed by atoms with Crippen LogP contribution in [0, 0.1) is 11.8 Å². The number of carbonyl (C=O) groups excluding carboxylic acids is 1. The van der Waals surface area contributed by atoms with Crippen LogP contribution in [0.2, 0.25) is 0 Å². The molecule has 3 fully saturated rings. The van der Waals surface area contributed by atoms with Gasteiger partial charge in [-0.15, -0.1) is 0 Å². The minimum absolute atomic E-state index is 0.295. The maximum absolute atomic E-state index is 13.1. The Balaban J connectivity index is 1.47. The molecule has 0 bridgehead atoms. The minimum atomic E-state index is 0.295. The van der Waals surface area contributed by atoms with Crippen LogP contribution in [0.1, 0.15) is 57.1 Å². The number of hydrogen-bond donors (Lipinski definition) is 0. The SMILES string of the molecule is O=C(C1CCCC1)N1CCN(C2CCCC2)CC(Cc2ccccn2)C1. The molecule has 1 atom stereocenters. The number of amides is 1. The molecule has 0 N–H and O–H groups in total. The summed E-state index contributed by atoms with van der Waals surface area (Å²) < 4.78 is 0. The van der Waals surface area contributed by atoms with E-state index in [1.807, 2.05) is 12.3 Å². The Morgan fingerprint density at radius 2 is 1.77 bits per heavy atom. The molecule has 4 nitrogen and oxygen atoms in total. The van der Waals surface area contributed by atoms with E-state index >= 15 is 0 Å². The van der Waals surface area contributed by atoms with Crippen LogP contribution >= 0.6 is 0 Å². The fourth-order valence-corrected chi connectivity index (χ4v) is 5.31. The van der Waals surface area contributed by atoms with Gasteiger partial charge in [0.25, 0.3) is 0 Å². The molecule has 0 aromatic carbocycles. The zero-order chi connectivity index (χ0) is 17.8. The van der Waals surface area contributed by atoms with Gasteiger partial charge in [-0.1, -0.05) is 31.7 Å². The van der Waals surface area contributed by atoms with Gasteiger partial charge in [0.1, 0.15) is 0 Å². The van der Waals surface area contributed by atoms with Crippen LogP contribution in [0.15, 0.2) is 24.4 Å². The Bertz CT molecular complexity index is 578. The van der Waals surface area contributed by atoms with E-state index in [1.54, 1.807) is 0 Å². The molecular weight excluding hydrogens is 322 g/mol. The third-order valence-electron chi connectivity index (χ3n) is 6.71. The standard InChI is InChI=1S/C22H33N3O/c26-22(19-7-1-2-8-19)25-14-13-24(21-10-3-4-11-21)16-18(17-25)15-20-9-5-6-12-23-20/h5-6,9,12,18-19,21H,1-4,7-8,10-11,13-17H2. The summed E-state index contributed by atoms with van der Waals surface area (Å²) in [5.41, 5.74) is 1.17. The highest BCUT2D eigenvalue weighted by Crippen LogP contribution is 2.29. The first-order valence-corrected chi connectivity index (χ1v) is 10.7. The Morgan fingerprint density at radius 3 is 2.50 bits per heavy atom. The molecule has 0 radical (unpaired) electrons. The average Bonchev–Trinajstić information content (AvgIpc) is 3.35. The Morgan fingerprint density at radius 1 is 1.00 bits per heavy atom. The van der Waals surface area contributed by atoms with E-state index in [0.29, 0.717) is 17.7 Å². The van der Waals surface area contributed by atoms with Gasteiger partial charge in [-0.2, -0.15) is 0 Å². The normalized spacial score (nSPS) is 26.3. The lowest BCUT2D eigenvalue weighted by Crippen LogP contribution is -2.40. The van der Waals surface area contributed by atoms with E-state index in [1.165, 1.54) is 44.2 Å². The molecule has 1 aliphatic heterocycles. The summed E-state index contributed by atoms with van der Waals surface area (Å²) >= 11 is 0. The molecule has 1 saturated heterocycles. The summed E-state index contributed by atoms with van der Waals surface area (Å²) in [6.07, 6.45) is 13.0. The van der Waals surface area contributed by atoms with Crippen molar-refractivity contribution in [1.29, 1.82) is 0 Å². The van der Waals surface area contributed by atoms with E-state index in [2.05, 4.69) is 26.9 Å². The molecule has 4 heteroatoms. The third-order valence-corrected chi connectivity index (χ3v) is 6.71. The average molecular weight is 356 g/mol. The number of nitrogens with zero attached hydrogens (tertiary/aromatic N) is 3. The van der Waals surface area contributed by atoms with Crippen molar-refractivity contribution in [2.24, 2.45) is 11.8 Å². The van der Waals surface area contributed by atoms with E-state index in [-0.39, 0.29) is 0 Å². The molecule has 2 heterocycles. The summed E-state index contributed by atoms with van der Waals surface area (Å²) in [4.78, 5) is 22.5. The highest BCUT2D eigenvalue weighted by Gasteiger charge is 2.33. The number of aromatic nitrogens is 1. The fourth-order valence-electron chi connectivity index (χ4n) is 5.31. The first-order chi connectivity index (χ1) is 12.8. The van der Waals surface area contributed by atoms with Crippen molar-refractivity contribution < 1.29 is 4.79 Å². The van der Waals surface area contributed by atoms with Crippen molar-refractivity contribution in [1.82, 2.24) is 14.8 Å². The second kappa shape index (κ2) is 8.51. The van der Waals surface area contributed by atoms with E-state index in [9.17, 15) is 4.79 Å². The molecule has 1 amide bonds. The topological polar surface area (TPSA) is 36.4 Å². The van der Waals surface area contributed by atoms with E-state index < -0.39 is 0 Å². The first-order valence-electron chi connectivity index (χ1n) is 10.7. The highest BCUT2D eigenvalue weighted by molar-refractivity contribution is 5.79. The van der Waals surface area contributed by atoms with Crippen LogP contribution in [0.25, 0.3) is 0 Å². The van der Waals surface area contributed by atoms with Crippen molar-refractivity contribution in [2.45, 2.75) is 63.8 Å². The monoisotopic (exact) mass is 355 g/mol. The molecule has 2 aliphatic carbocycles. The molecule has 1 aromatic heterocycles. The van der Waals surface area contributed by atoms with Crippen LogP contribution in [-0.4, -0.2) is 52.9 Å². The molecule has 0 spiro atoms. The number of rotatable bonds is 4. The van der Waals surface area contributed by atoms with Gasteiger partial charge in [-0.25, -0.2) is 0 Å². The number of carbonyl (C=O) groups is 1. The lowest BCUT2D eigenvalue weighted by atomic mass is 9.99. The Hall–Kier alpha value is -1.42. The summed E-state index contributed by atoms with van der Waals surface area (Å²) in [6.45, 7) is 4.01. The van der Waals surface area contributed by atoms with Crippen molar-refractivity contribution in [2.75, 3.05) is 26.2 Å². The van der Waals surface area contributed by atoms with Crippen LogP contribution in [0.3, 0.4) is 0 Å². The Kier molecular flexibility index (Phi) is 5.88. The zero-order valence-electron chi connectivity index (χ0n) is 16.0. The predicted octanol–water partition coefficient (Wildman–Crippen LogP) is 3.52. The molecule has 4 rings (SSSR count). The highest BCUT2D eigenvalue weighted by atomic mass is 16.2. The smallest absolute Gasteiger partial charge is 0.225 e. The van der Waals surface area contributed by atoms with Gasteiger partial charge < -0.3 is 4.90 Å². The Labute approximate surface area is 158 Å². The maximum atomic E-state index is 13.1. The summed E-state index contributed by atoms with van der Waals surface area (Å²) in [7, 11) is 0. The molecule has 142 valence electrons. The summed E-state index contributed by atoms with van der Waals surface area (Å²) in [5.74, 6) is 1.23. The summed E-state index contributed by atoms with van der Waals surface area (Å²) in [5, 5.41) is 0. The predicted molar refractivity (Wildman–Crippen MR) is 104 cm³/mol. The van der Waals surface area contributed by atoms with Crippen LogP contribution in [0.4, 0.5) is 0 Å². The third kappa shape index (κ3) is 4.28. The molecule has 1 aromatic rings. The van der Waals surface area contributed by atoms with Gasteiger partial charge in [-0.3, -0.25) is 14.7 Å². The molecule has 3 aliphatic rings. The fraction of sp³-hybridized carbons (Fsp3) is 0.727. The second-order valence-electron chi connectivity index (χ2n) is 8.59. The van der Waals surface area contributed by atoms with Crippen LogP contribution in [-0.2, 0) is 11.2 Å². The number of hydrogen-bond acceptors (Lipinski definition) is 3. The lowest BCUT2D eigenvalue weighted by molar-refractivity contribution is -0.135. The quantitative estimate of drug-likeness (QED) is 0.829. The number of pyridine rings is 1. The molecule has 2 saturated carbocycles. The van der Waals surface area contributed by atoms with Gasteiger partial charge in [-0.05, 0) is 50.2 Å². The minimum Gasteiger partial charge on any atom is -0.341 e. The van der Waals surface area contributed by atoms with E-state index in [0.717, 1.165) is 51.5 Å². The van der Waals surface area contributed by atoms with Crippen molar-refractivity contribution in [3.05, 3.63) is 30.1 Å². The second-order valence-corrected chi connectivity index (χ2v) is 8.59. The molecular formula is C22H33N3O. The van der Waals surface area contributed by atoms with Gasteiger partial charge in [0.05, 0.1) is 0 Å². The lowest BCUT2D eigenvalue weighted by Gasteiger charge is -2.29. The maximum Gasteiger partial charge on any atom is 0.225 e. The molecule has 1 unspecified atom stereocenters. The van der Waals surface area contributed by atoms with Crippen molar-refractivity contribution in [3.8, 4) is 0 Å². The van der Waals surface area contributed by atoms with Crippen LogP contribution < -0.4 is 0 Å². The molecule has 26 heavy (non-hydrogen) atoms. The largest absolute Gasteiger partial charge is 0.341 e. The zero-order valence-corrected chi connectivity index (χ0v) is 16.0. The van der Waals surface area contributed by atoms with Gasteiger partial charge in [0, 0.05) is 50.0 Å². The van der Waals surface area contributed by atoms with Crippen molar-refractivity contribution >= 4 is 5.91 Å². The summed E-state index contributed by atoms with van der Waals surface area (Å²) in [6, 6.07) is 6.93. The van der Waals surface area contributed by atoms with Gasteiger partial charge in [0.2, 0.25) is 5.91 Å². The van der Waals surface area contributed by atoms with Gasteiger partial charge in [0.15, 0.2) is 0 Å². The van der Waals surface area contributed by atoms with Crippen LogP contribution in [0.5, 0.6) is 0 Å². The van der Waals surface area contributed by atoms with Gasteiger partial charge >= 0.3 is 0 Å². The van der Waals surface area contributed by atoms with E-state index in [4.69, 9.17) is 0 Å².